The van der Waals surface area contributed by atoms with Crippen molar-refractivity contribution < 1.29 is 9.47 Å². The Morgan fingerprint density at radius 1 is 1.00 bits per heavy atom. The zero-order valence-electron chi connectivity index (χ0n) is 16.9. The predicted molar refractivity (Wildman–Crippen MR) is 117 cm³/mol. The van der Waals surface area contributed by atoms with E-state index in [0.717, 1.165) is 22.6 Å². The van der Waals surface area contributed by atoms with Gasteiger partial charge in [-0.25, -0.2) is 0 Å². The Morgan fingerprint density at radius 2 is 1.80 bits per heavy atom. The van der Waals surface area contributed by atoms with Gasteiger partial charge in [-0.3, -0.25) is 4.40 Å². The molecule has 1 unspecified atom stereocenters. The van der Waals surface area contributed by atoms with Gasteiger partial charge in [-0.05, 0) is 54.4 Å². The summed E-state index contributed by atoms with van der Waals surface area (Å²) in [4.78, 5) is 0. The molecule has 1 N–H and O–H groups in total. The van der Waals surface area contributed by atoms with Crippen LogP contribution in [0, 0.1) is 0 Å². The molecule has 0 saturated carbocycles. The summed E-state index contributed by atoms with van der Waals surface area (Å²) < 4.78 is 13.5. The van der Waals surface area contributed by atoms with Gasteiger partial charge in [-0.2, -0.15) is 0 Å². The number of fused-ring (bicyclic) bond motifs is 1. The van der Waals surface area contributed by atoms with Crippen LogP contribution in [0.5, 0.6) is 11.5 Å². The fraction of sp³-hybridized carbons (Fsp3) is 0.217. The maximum atomic E-state index is 5.93. The molecule has 154 valence electrons. The number of benzene rings is 2. The summed E-state index contributed by atoms with van der Waals surface area (Å²) in [5, 5.41) is 12.7. The Bertz CT molecular complexity index is 1130. The third-order valence-electron chi connectivity index (χ3n) is 4.88. The Balaban J connectivity index is 1.40. The van der Waals surface area contributed by atoms with Crippen molar-refractivity contribution >= 4 is 17.2 Å². The molecule has 0 fully saturated rings. The van der Waals surface area contributed by atoms with Crippen LogP contribution in [0.4, 0.5) is 0 Å². The maximum absolute atomic E-state index is 5.93. The summed E-state index contributed by atoms with van der Waals surface area (Å²) >= 11 is 5.93. The van der Waals surface area contributed by atoms with Crippen LogP contribution in [0.15, 0.2) is 66.9 Å². The largest absolute Gasteiger partial charge is 0.493 e. The average molecular weight is 423 g/mol. The fourth-order valence-electron chi connectivity index (χ4n) is 3.20. The van der Waals surface area contributed by atoms with Crippen molar-refractivity contribution in [2.24, 2.45) is 0 Å². The van der Waals surface area contributed by atoms with Crippen molar-refractivity contribution in [2.75, 3.05) is 7.11 Å². The molecule has 30 heavy (non-hydrogen) atoms. The molecule has 0 aliphatic rings. The molecule has 6 nitrogen and oxygen atoms in total. The van der Waals surface area contributed by atoms with E-state index in [-0.39, 0.29) is 6.04 Å². The first-order valence-corrected chi connectivity index (χ1v) is 10.1. The highest BCUT2D eigenvalue weighted by Crippen LogP contribution is 2.29. The number of rotatable bonds is 8. The Hall–Kier alpha value is -3.09. The molecule has 0 spiro atoms. The first-order valence-electron chi connectivity index (χ1n) is 9.71. The molecule has 0 bridgehead atoms. The second-order valence-electron chi connectivity index (χ2n) is 6.99. The lowest BCUT2D eigenvalue weighted by Gasteiger charge is -2.15. The summed E-state index contributed by atoms with van der Waals surface area (Å²) in [6, 6.07) is 19.5. The van der Waals surface area contributed by atoms with E-state index in [9.17, 15) is 0 Å². The molecule has 2 heterocycles. The van der Waals surface area contributed by atoms with Gasteiger partial charge in [-0.1, -0.05) is 35.9 Å². The quantitative estimate of drug-likeness (QED) is 0.441. The van der Waals surface area contributed by atoms with Crippen LogP contribution < -0.4 is 14.8 Å². The zero-order chi connectivity index (χ0) is 20.9. The van der Waals surface area contributed by atoms with E-state index < -0.39 is 0 Å². The lowest BCUT2D eigenvalue weighted by Crippen LogP contribution is -2.20. The van der Waals surface area contributed by atoms with E-state index >= 15 is 0 Å². The van der Waals surface area contributed by atoms with Crippen LogP contribution in [0.3, 0.4) is 0 Å². The van der Waals surface area contributed by atoms with Crippen LogP contribution in [0.2, 0.25) is 5.02 Å². The minimum Gasteiger partial charge on any atom is -0.493 e. The third kappa shape index (κ3) is 4.56. The molecule has 0 radical (unpaired) electrons. The summed E-state index contributed by atoms with van der Waals surface area (Å²) in [6.45, 7) is 3.18. The average Bonchev–Trinajstić information content (AvgIpc) is 3.21. The number of ether oxygens (including phenoxy) is 2. The number of hydrogen-bond donors (Lipinski definition) is 1. The van der Waals surface area contributed by atoms with Crippen molar-refractivity contribution in [3.63, 3.8) is 0 Å². The Morgan fingerprint density at radius 3 is 2.60 bits per heavy atom. The number of pyridine rings is 1. The van der Waals surface area contributed by atoms with Crippen LogP contribution in [-0.4, -0.2) is 21.7 Å². The molecule has 0 aliphatic carbocycles. The SMILES string of the molecule is COc1cc(CNC(C)c2nnc3ccccn23)ccc1OCc1ccc(Cl)cc1. The minimum absolute atomic E-state index is 0.0363. The van der Waals surface area contributed by atoms with Crippen LogP contribution in [-0.2, 0) is 13.2 Å². The van der Waals surface area contributed by atoms with Crippen LogP contribution >= 0.6 is 11.6 Å². The maximum Gasteiger partial charge on any atom is 0.161 e. The van der Waals surface area contributed by atoms with Crippen molar-refractivity contribution in [1.29, 1.82) is 0 Å². The van der Waals surface area contributed by atoms with Gasteiger partial charge in [0.05, 0.1) is 13.2 Å². The standard InChI is InChI=1S/C23H23ClN4O2/c1-16(23-27-26-22-5-3-4-12-28(22)23)25-14-18-8-11-20(21(13-18)29-2)30-15-17-6-9-19(24)10-7-17/h3-13,16,25H,14-15H2,1-2H3. The summed E-state index contributed by atoms with van der Waals surface area (Å²) in [6.07, 6.45) is 1.97. The monoisotopic (exact) mass is 422 g/mol. The Kier molecular flexibility index (Phi) is 6.16. The van der Waals surface area contributed by atoms with E-state index in [2.05, 4.69) is 22.4 Å². The highest BCUT2D eigenvalue weighted by molar-refractivity contribution is 6.30. The topological polar surface area (TPSA) is 60.7 Å². The molecule has 1 atom stereocenters. The first kappa shape index (κ1) is 20.2. The van der Waals surface area contributed by atoms with Crippen molar-refractivity contribution in [2.45, 2.75) is 26.1 Å². The van der Waals surface area contributed by atoms with E-state index in [1.165, 1.54) is 0 Å². The van der Waals surface area contributed by atoms with Gasteiger partial charge in [-0.15, -0.1) is 10.2 Å². The zero-order valence-corrected chi connectivity index (χ0v) is 17.6. The van der Waals surface area contributed by atoms with Crippen molar-refractivity contribution in [1.82, 2.24) is 19.9 Å². The number of methoxy groups -OCH3 is 1. The summed E-state index contributed by atoms with van der Waals surface area (Å²) in [7, 11) is 1.65. The van der Waals surface area contributed by atoms with Gasteiger partial charge in [0.25, 0.3) is 0 Å². The lowest BCUT2D eigenvalue weighted by atomic mass is 10.2. The number of halogens is 1. The molecular weight excluding hydrogens is 400 g/mol. The molecule has 2 aromatic carbocycles. The van der Waals surface area contributed by atoms with E-state index in [4.69, 9.17) is 21.1 Å². The van der Waals surface area contributed by atoms with Crippen LogP contribution in [0.1, 0.15) is 29.9 Å². The molecule has 7 heteroatoms. The van der Waals surface area contributed by atoms with Gasteiger partial charge in [0, 0.05) is 17.8 Å². The molecule has 0 aliphatic heterocycles. The van der Waals surface area contributed by atoms with Gasteiger partial charge in [0.2, 0.25) is 0 Å². The predicted octanol–water partition coefficient (Wildman–Crippen LogP) is 4.82. The summed E-state index contributed by atoms with van der Waals surface area (Å²) in [5.74, 6) is 2.28. The molecular formula is C23H23ClN4O2. The van der Waals surface area contributed by atoms with E-state index in [1.54, 1.807) is 7.11 Å². The Labute approximate surface area is 180 Å². The number of aromatic nitrogens is 3. The van der Waals surface area contributed by atoms with Gasteiger partial charge >= 0.3 is 0 Å². The molecule has 4 rings (SSSR count). The first-order chi connectivity index (χ1) is 14.6. The number of nitrogens with one attached hydrogen (secondary N) is 1. The molecule has 0 amide bonds. The lowest BCUT2D eigenvalue weighted by molar-refractivity contribution is 0.284. The normalized spacial score (nSPS) is 12.1. The van der Waals surface area contributed by atoms with Gasteiger partial charge < -0.3 is 14.8 Å². The van der Waals surface area contributed by atoms with E-state index in [1.807, 2.05) is 71.3 Å². The molecule has 2 aromatic heterocycles. The molecule has 4 aromatic rings. The van der Waals surface area contributed by atoms with E-state index in [0.29, 0.717) is 29.7 Å². The van der Waals surface area contributed by atoms with Crippen LogP contribution in [0.25, 0.3) is 5.65 Å². The smallest absolute Gasteiger partial charge is 0.161 e. The van der Waals surface area contributed by atoms with Crippen molar-refractivity contribution in [3.8, 4) is 11.5 Å². The highest BCUT2D eigenvalue weighted by atomic mass is 35.5. The number of hydrogen-bond acceptors (Lipinski definition) is 5. The van der Waals surface area contributed by atoms with Gasteiger partial charge in [0.1, 0.15) is 6.61 Å². The number of nitrogens with zero attached hydrogens (tertiary/aromatic N) is 3. The third-order valence-corrected chi connectivity index (χ3v) is 5.13. The highest BCUT2D eigenvalue weighted by Gasteiger charge is 2.13. The minimum atomic E-state index is 0.0363. The second-order valence-corrected chi connectivity index (χ2v) is 7.43. The van der Waals surface area contributed by atoms with Gasteiger partial charge in [0.15, 0.2) is 23.0 Å². The fourth-order valence-corrected chi connectivity index (χ4v) is 3.33. The van der Waals surface area contributed by atoms with Crippen molar-refractivity contribution in [3.05, 3.63) is 88.8 Å². The second kappa shape index (κ2) is 9.15. The molecule has 0 saturated heterocycles. The summed E-state index contributed by atoms with van der Waals surface area (Å²) in [5.41, 5.74) is 2.97.